The van der Waals surface area contributed by atoms with Crippen LogP contribution in [0.2, 0.25) is 0 Å². The number of hydrogen-bond acceptors (Lipinski definition) is 5. The lowest BCUT2D eigenvalue weighted by molar-refractivity contribution is -0.133. The minimum atomic E-state index is -3.05. The van der Waals surface area contributed by atoms with Crippen molar-refractivity contribution >= 4 is 13.6 Å². The lowest BCUT2D eigenvalue weighted by Crippen LogP contribution is -2.47. The van der Waals surface area contributed by atoms with Crippen LogP contribution in [0, 0.1) is 16.7 Å². The van der Waals surface area contributed by atoms with E-state index < -0.39 is 24.7 Å². The second kappa shape index (κ2) is 3.94. The molecule has 1 atom stereocenters. The monoisotopic (exact) mass is 246 g/mol. The zero-order valence-corrected chi connectivity index (χ0v) is 10.9. The molecule has 0 aliphatic carbocycles. The first-order valence-corrected chi connectivity index (χ1v) is 6.17. The normalized spacial score (nSPS) is 28.6. The SMILES string of the molecule is COP1(OC)=NC(=O)C(C#N)(C(C)(C)C)O1. The number of nitrogens with zero attached hydrogens (tertiary/aromatic N) is 2. The highest BCUT2D eigenvalue weighted by atomic mass is 31.2. The van der Waals surface area contributed by atoms with Gasteiger partial charge in [-0.05, 0) is 0 Å². The van der Waals surface area contributed by atoms with E-state index in [1.165, 1.54) is 14.2 Å². The summed E-state index contributed by atoms with van der Waals surface area (Å²) >= 11 is 0. The van der Waals surface area contributed by atoms with E-state index in [1.54, 1.807) is 20.8 Å². The molecule has 16 heavy (non-hydrogen) atoms. The van der Waals surface area contributed by atoms with Crippen LogP contribution in [0.3, 0.4) is 0 Å². The Kier molecular flexibility index (Phi) is 3.28. The molecular formula is C9H15N2O4P. The highest BCUT2D eigenvalue weighted by Crippen LogP contribution is 2.62. The second-order valence-electron chi connectivity index (χ2n) is 4.37. The fourth-order valence-corrected chi connectivity index (χ4v) is 2.94. The van der Waals surface area contributed by atoms with Crippen molar-refractivity contribution in [3.05, 3.63) is 0 Å². The quantitative estimate of drug-likeness (QED) is 0.697. The maximum Gasteiger partial charge on any atom is 0.364 e. The molecule has 0 spiro atoms. The number of carbonyl (C=O) groups excluding carboxylic acids is 1. The molecule has 7 heteroatoms. The van der Waals surface area contributed by atoms with Crippen molar-refractivity contribution in [1.82, 2.24) is 0 Å². The zero-order valence-electron chi connectivity index (χ0n) is 9.97. The first-order valence-electron chi connectivity index (χ1n) is 4.67. The molecule has 0 radical (unpaired) electrons. The third-order valence-electron chi connectivity index (χ3n) is 2.44. The van der Waals surface area contributed by atoms with Crippen molar-refractivity contribution in [3.63, 3.8) is 0 Å². The van der Waals surface area contributed by atoms with Crippen LogP contribution in [0.5, 0.6) is 0 Å². The Bertz CT molecular complexity index is 399. The Morgan fingerprint density at radius 2 is 1.94 bits per heavy atom. The summed E-state index contributed by atoms with van der Waals surface area (Å²) in [5, 5.41) is 9.20. The van der Waals surface area contributed by atoms with Crippen LogP contribution < -0.4 is 0 Å². The standard InChI is InChI=1S/C9H15N2O4P/c1-8(2,3)9(6-10)7(12)11-16(13-4,14-5)15-9/h1-5H3. The largest absolute Gasteiger partial charge is 0.364 e. The molecule has 6 nitrogen and oxygen atoms in total. The predicted molar refractivity (Wildman–Crippen MR) is 57.3 cm³/mol. The van der Waals surface area contributed by atoms with Crippen LogP contribution in [0.15, 0.2) is 4.74 Å². The summed E-state index contributed by atoms with van der Waals surface area (Å²) in [6.45, 7) is 5.19. The molecule has 0 bridgehead atoms. The molecule has 0 fully saturated rings. The molecule has 1 aliphatic heterocycles. The van der Waals surface area contributed by atoms with Gasteiger partial charge in [-0.3, -0.25) is 9.32 Å². The summed E-state index contributed by atoms with van der Waals surface area (Å²) in [5.74, 6) is -0.639. The predicted octanol–water partition coefficient (Wildman–Crippen LogP) is 2.09. The minimum Gasteiger partial charge on any atom is -0.306 e. The molecule has 1 rings (SSSR count). The highest BCUT2D eigenvalue weighted by molar-refractivity contribution is 7.52. The van der Waals surface area contributed by atoms with Crippen molar-refractivity contribution in [2.24, 2.45) is 10.2 Å². The number of nitriles is 1. The molecule has 1 amide bonds. The Balaban J connectivity index is 3.28. The third kappa shape index (κ3) is 1.70. The van der Waals surface area contributed by atoms with E-state index in [1.807, 2.05) is 6.07 Å². The van der Waals surface area contributed by atoms with Crippen molar-refractivity contribution in [1.29, 1.82) is 5.26 Å². The van der Waals surface area contributed by atoms with Gasteiger partial charge in [0.2, 0.25) is 5.60 Å². The van der Waals surface area contributed by atoms with Gasteiger partial charge in [0.25, 0.3) is 5.91 Å². The average molecular weight is 246 g/mol. The second-order valence-corrected chi connectivity index (χ2v) is 6.42. The molecule has 0 aromatic carbocycles. The summed E-state index contributed by atoms with van der Waals surface area (Å²) in [7, 11) is -0.371. The highest BCUT2D eigenvalue weighted by Gasteiger charge is 2.59. The number of rotatable bonds is 2. The first-order chi connectivity index (χ1) is 7.27. The van der Waals surface area contributed by atoms with Gasteiger partial charge < -0.3 is 9.05 Å². The van der Waals surface area contributed by atoms with Gasteiger partial charge in [-0.15, -0.1) is 0 Å². The summed E-state index contributed by atoms with van der Waals surface area (Å²) < 4.78 is 19.2. The zero-order chi connectivity index (χ0) is 12.6. The van der Waals surface area contributed by atoms with Crippen LogP contribution in [0.1, 0.15) is 20.8 Å². The van der Waals surface area contributed by atoms with Gasteiger partial charge in [0.05, 0.1) is 0 Å². The summed E-state index contributed by atoms with van der Waals surface area (Å²) in [6, 6.07) is 1.89. The maximum absolute atomic E-state index is 11.9. The maximum atomic E-state index is 11.9. The fraction of sp³-hybridized carbons (Fsp3) is 0.778. The molecule has 0 saturated heterocycles. The van der Waals surface area contributed by atoms with E-state index in [0.717, 1.165) is 0 Å². The molecule has 0 aromatic rings. The average Bonchev–Trinajstić information content (AvgIpc) is 2.52. The van der Waals surface area contributed by atoms with E-state index in [4.69, 9.17) is 13.6 Å². The third-order valence-corrected chi connectivity index (χ3v) is 4.30. The summed E-state index contributed by atoms with van der Waals surface area (Å²) in [4.78, 5) is 11.9. The van der Waals surface area contributed by atoms with Gasteiger partial charge in [-0.1, -0.05) is 20.8 Å². The van der Waals surface area contributed by atoms with Gasteiger partial charge in [0.1, 0.15) is 6.07 Å². The van der Waals surface area contributed by atoms with Crippen LogP contribution in [0.4, 0.5) is 0 Å². The van der Waals surface area contributed by atoms with Gasteiger partial charge in [-0.2, -0.15) is 10.0 Å². The van der Waals surface area contributed by atoms with Gasteiger partial charge in [0, 0.05) is 19.6 Å². The van der Waals surface area contributed by atoms with E-state index >= 15 is 0 Å². The van der Waals surface area contributed by atoms with Gasteiger partial charge >= 0.3 is 7.74 Å². The lowest BCUT2D eigenvalue weighted by Gasteiger charge is -2.33. The number of hydrogen-bond donors (Lipinski definition) is 0. The smallest absolute Gasteiger partial charge is 0.306 e. The molecule has 1 heterocycles. The van der Waals surface area contributed by atoms with Crippen molar-refractivity contribution in [3.8, 4) is 6.07 Å². The van der Waals surface area contributed by atoms with Gasteiger partial charge in [0.15, 0.2) is 0 Å². The Morgan fingerprint density at radius 1 is 1.44 bits per heavy atom. The van der Waals surface area contributed by atoms with Crippen molar-refractivity contribution < 1.29 is 18.4 Å². The van der Waals surface area contributed by atoms with Crippen molar-refractivity contribution in [2.45, 2.75) is 26.4 Å². The Morgan fingerprint density at radius 3 is 2.12 bits per heavy atom. The van der Waals surface area contributed by atoms with Crippen LogP contribution in [-0.4, -0.2) is 25.7 Å². The van der Waals surface area contributed by atoms with E-state index in [9.17, 15) is 10.1 Å². The molecule has 1 aliphatic rings. The minimum absolute atomic E-state index is 0.639. The topological polar surface area (TPSA) is 80.9 Å². The molecule has 1 unspecified atom stereocenters. The van der Waals surface area contributed by atoms with Crippen molar-refractivity contribution in [2.75, 3.05) is 14.2 Å². The van der Waals surface area contributed by atoms with Gasteiger partial charge in [-0.25, -0.2) is 0 Å². The van der Waals surface area contributed by atoms with E-state index in [0.29, 0.717) is 0 Å². The summed E-state index contributed by atoms with van der Waals surface area (Å²) in [6.07, 6.45) is 0. The molecular weight excluding hydrogens is 231 g/mol. The molecule has 0 saturated carbocycles. The number of amides is 1. The number of carbonyl (C=O) groups is 1. The Hall–Kier alpha value is -0.730. The van der Waals surface area contributed by atoms with E-state index in [2.05, 4.69) is 4.74 Å². The van der Waals surface area contributed by atoms with E-state index in [-0.39, 0.29) is 0 Å². The van der Waals surface area contributed by atoms with Crippen LogP contribution >= 0.6 is 7.74 Å². The lowest BCUT2D eigenvalue weighted by atomic mass is 9.77. The molecule has 0 N–H and O–H groups in total. The Labute approximate surface area is 94.8 Å². The van der Waals surface area contributed by atoms with Crippen LogP contribution in [-0.2, 0) is 18.4 Å². The molecule has 90 valence electrons. The summed E-state index contributed by atoms with van der Waals surface area (Å²) in [5.41, 5.74) is -2.34. The molecule has 0 aromatic heterocycles. The fourth-order valence-electron chi connectivity index (χ4n) is 1.34. The first kappa shape index (κ1) is 13.3. The van der Waals surface area contributed by atoms with Crippen LogP contribution in [0.25, 0.3) is 0 Å².